The predicted octanol–water partition coefficient (Wildman–Crippen LogP) is 4.54. The number of rotatable bonds is 5. The van der Waals surface area contributed by atoms with E-state index in [0.29, 0.717) is 21.8 Å². The standard InChI is InChI=1S/C21H19N3O2S/c1-3-15-8-10-17(11-9-15)24-20(25)18-6-4-5-7-19(18)22-21(24)27-13-16-12-14(2)26-23-16/h4-12H,3,13H2,1-2H3. The SMILES string of the molecule is CCc1ccc(-n2c(SCc3cc(C)on3)nc3ccccc3c2=O)cc1. The van der Waals surface area contributed by atoms with Crippen molar-refractivity contribution in [3.8, 4) is 5.69 Å². The number of aryl methyl sites for hydroxylation is 2. The number of benzene rings is 2. The highest BCUT2D eigenvalue weighted by molar-refractivity contribution is 7.98. The molecule has 2 aromatic heterocycles. The van der Waals surface area contributed by atoms with E-state index < -0.39 is 0 Å². The van der Waals surface area contributed by atoms with Gasteiger partial charge in [0.1, 0.15) is 5.76 Å². The molecule has 0 aliphatic rings. The summed E-state index contributed by atoms with van der Waals surface area (Å²) in [5, 5.41) is 5.28. The van der Waals surface area contributed by atoms with Gasteiger partial charge in [-0.25, -0.2) is 4.98 Å². The minimum atomic E-state index is -0.0660. The number of fused-ring (bicyclic) bond motifs is 1. The molecule has 0 amide bonds. The maximum Gasteiger partial charge on any atom is 0.266 e. The van der Waals surface area contributed by atoms with Crippen LogP contribution in [0.4, 0.5) is 0 Å². The van der Waals surface area contributed by atoms with Gasteiger partial charge in [0.15, 0.2) is 5.16 Å². The summed E-state index contributed by atoms with van der Waals surface area (Å²) in [6.07, 6.45) is 0.957. The van der Waals surface area contributed by atoms with Gasteiger partial charge in [-0.2, -0.15) is 0 Å². The quantitative estimate of drug-likeness (QED) is 0.377. The third-order valence-electron chi connectivity index (χ3n) is 4.37. The van der Waals surface area contributed by atoms with Crippen molar-refractivity contribution in [3.05, 3.63) is 82.0 Å². The van der Waals surface area contributed by atoms with Gasteiger partial charge in [0.25, 0.3) is 5.56 Å². The van der Waals surface area contributed by atoms with Gasteiger partial charge in [-0.1, -0.05) is 48.1 Å². The van der Waals surface area contributed by atoms with Crippen LogP contribution < -0.4 is 5.56 Å². The van der Waals surface area contributed by atoms with Crippen LogP contribution in [0.5, 0.6) is 0 Å². The van der Waals surface area contributed by atoms with E-state index in [9.17, 15) is 4.79 Å². The lowest BCUT2D eigenvalue weighted by Crippen LogP contribution is -2.21. The van der Waals surface area contributed by atoms with Crippen LogP contribution in [0.2, 0.25) is 0 Å². The van der Waals surface area contributed by atoms with Crippen molar-refractivity contribution in [3.63, 3.8) is 0 Å². The summed E-state index contributed by atoms with van der Waals surface area (Å²) in [6.45, 7) is 3.97. The Morgan fingerprint density at radius 1 is 1.11 bits per heavy atom. The van der Waals surface area contributed by atoms with Crippen molar-refractivity contribution in [2.24, 2.45) is 0 Å². The first kappa shape index (κ1) is 17.5. The van der Waals surface area contributed by atoms with E-state index in [-0.39, 0.29) is 5.56 Å². The van der Waals surface area contributed by atoms with E-state index in [0.717, 1.165) is 23.6 Å². The van der Waals surface area contributed by atoms with E-state index in [1.807, 2.05) is 61.5 Å². The molecule has 0 saturated carbocycles. The van der Waals surface area contributed by atoms with E-state index >= 15 is 0 Å². The second-order valence-electron chi connectivity index (χ2n) is 6.29. The molecule has 4 aromatic rings. The first-order chi connectivity index (χ1) is 13.2. The summed E-state index contributed by atoms with van der Waals surface area (Å²) in [5.41, 5.74) is 3.50. The monoisotopic (exact) mass is 377 g/mol. The van der Waals surface area contributed by atoms with Crippen molar-refractivity contribution in [2.45, 2.75) is 31.2 Å². The molecule has 6 heteroatoms. The molecule has 0 fully saturated rings. The van der Waals surface area contributed by atoms with Gasteiger partial charge in [0.05, 0.1) is 22.3 Å². The zero-order valence-electron chi connectivity index (χ0n) is 15.2. The van der Waals surface area contributed by atoms with E-state index in [1.54, 1.807) is 4.57 Å². The van der Waals surface area contributed by atoms with Crippen LogP contribution in [-0.4, -0.2) is 14.7 Å². The topological polar surface area (TPSA) is 60.9 Å². The molecule has 0 bridgehead atoms. The van der Waals surface area contributed by atoms with Gasteiger partial charge in [-0.15, -0.1) is 0 Å². The minimum absolute atomic E-state index is 0.0660. The molecule has 2 aromatic carbocycles. The zero-order chi connectivity index (χ0) is 18.8. The van der Waals surface area contributed by atoms with Crippen LogP contribution in [0.3, 0.4) is 0 Å². The van der Waals surface area contributed by atoms with Gasteiger partial charge in [0.2, 0.25) is 0 Å². The van der Waals surface area contributed by atoms with Gasteiger partial charge >= 0.3 is 0 Å². The largest absolute Gasteiger partial charge is 0.361 e. The fourth-order valence-corrected chi connectivity index (χ4v) is 3.84. The van der Waals surface area contributed by atoms with Crippen molar-refractivity contribution >= 4 is 22.7 Å². The summed E-state index contributed by atoms with van der Waals surface area (Å²) in [5.74, 6) is 1.35. The Bertz CT molecular complexity index is 1150. The van der Waals surface area contributed by atoms with Crippen molar-refractivity contribution in [1.82, 2.24) is 14.7 Å². The molecule has 4 rings (SSSR count). The highest BCUT2D eigenvalue weighted by Crippen LogP contribution is 2.24. The van der Waals surface area contributed by atoms with Crippen LogP contribution in [0.15, 0.2) is 69.1 Å². The lowest BCUT2D eigenvalue weighted by Gasteiger charge is -2.13. The average molecular weight is 377 g/mol. The minimum Gasteiger partial charge on any atom is -0.361 e. The summed E-state index contributed by atoms with van der Waals surface area (Å²) in [7, 11) is 0. The highest BCUT2D eigenvalue weighted by atomic mass is 32.2. The second kappa shape index (κ2) is 7.40. The Hall–Kier alpha value is -2.86. The summed E-state index contributed by atoms with van der Waals surface area (Å²) in [4.78, 5) is 17.9. The van der Waals surface area contributed by atoms with Crippen molar-refractivity contribution in [1.29, 1.82) is 0 Å². The van der Waals surface area contributed by atoms with Crippen LogP contribution in [0.1, 0.15) is 23.9 Å². The Labute approximate surface area is 161 Å². The molecule has 0 spiro atoms. The van der Waals surface area contributed by atoms with Gasteiger partial charge in [-0.3, -0.25) is 9.36 Å². The van der Waals surface area contributed by atoms with Crippen molar-refractivity contribution < 1.29 is 4.52 Å². The molecule has 0 atom stereocenters. The number of para-hydroxylation sites is 1. The molecule has 27 heavy (non-hydrogen) atoms. The molecule has 5 nitrogen and oxygen atoms in total. The molecule has 0 saturated heterocycles. The number of aromatic nitrogens is 3. The molecule has 0 aliphatic heterocycles. The fraction of sp³-hybridized carbons (Fsp3) is 0.190. The van der Waals surface area contributed by atoms with Crippen molar-refractivity contribution in [2.75, 3.05) is 0 Å². The molecule has 136 valence electrons. The molecule has 0 radical (unpaired) electrons. The maximum absolute atomic E-state index is 13.2. The zero-order valence-corrected chi connectivity index (χ0v) is 16.0. The smallest absolute Gasteiger partial charge is 0.266 e. The number of hydrogen-bond donors (Lipinski definition) is 0. The molecular weight excluding hydrogens is 358 g/mol. The van der Waals surface area contributed by atoms with E-state index in [4.69, 9.17) is 9.51 Å². The molecule has 2 heterocycles. The Morgan fingerprint density at radius 3 is 2.59 bits per heavy atom. The van der Waals surface area contributed by atoms with Gasteiger partial charge < -0.3 is 4.52 Å². The maximum atomic E-state index is 13.2. The predicted molar refractivity (Wildman–Crippen MR) is 108 cm³/mol. The normalized spacial score (nSPS) is 11.2. The third kappa shape index (κ3) is 3.53. The average Bonchev–Trinajstić information content (AvgIpc) is 3.12. The Kier molecular flexibility index (Phi) is 4.81. The summed E-state index contributed by atoms with van der Waals surface area (Å²) < 4.78 is 6.81. The van der Waals surface area contributed by atoms with Gasteiger partial charge in [-0.05, 0) is 43.2 Å². The Morgan fingerprint density at radius 2 is 1.89 bits per heavy atom. The molecular formula is C21H19N3O2S. The number of nitrogens with zero attached hydrogens (tertiary/aromatic N) is 3. The molecule has 0 unspecified atom stereocenters. The first-order valence-corrected chi connectivity index (χ1v) is 9.80. The van der Waals surface area contributed by atoms with E-state index in [1.165, 1.54) is 17.3 Å². The van der Waals surface area contributed by atoms with Gasteiger partial charge in [0, 0.05) is 11.8 Å². The number of hydrogen-bond acceptors (Lipinski definition) is 5. The second-order valence-corrected chi connectivity index (χ2v) is 7.23. The molecule has 0 N–H and O–H groups in total. The lowest BCUT2D eigenvalue weighted by atomic mass is 10.1. The van der Waals surface area contributed by atoms with Crippen LogP contribution in [-0.2, 0) is 12.2 Å². The van der Waals surface area contributed by atoms with E-state index in [2.05, 4.69) is 12.1 Å². The first-order valence-electron chi connectivity index (χ1n) is 8.82. The summed E-state index contributed by atoms with van der Waals surface area (Å²) >= 11 is 1.48. The fourth-order valence-electron chi connectivity index (χ4n) is 2.94. The Balaban J connectivity index is 1.82. The lowest BCUT2D eigenvalue weighted by molar-refractivity contribution is 0.393. The van der Waals surface area contributed by atoms with Crippen LogP contribution in [0.25, 0.3) is 16.6 Å². The molecule has 0 aliphatic carbocycles. The van der Waals surface area contributed by atoms with Crippen LogP contribution in [0, 0.1) is 6.92 Å². The number of thioether (sulfide) groups is 1. The third-order valence-corrected chi connectivity index (χ3v) is 5.35. The highest BCUT2D eigenvalue weighted by Gasteiger charge is 2.14. The summed E-state index contributed by atoms with van der Waals surface area (Å²) in [6, 6.07) is 17.4. The van der Waals surface area contributed by atoms with Crippen LogP contribution >= 0.6 is 11.8 Å².